The van der Waals surface area contributed by atoms with Crippen molar-refractivity contribution in [3.05, 3.63) is 24.0 Å². The fourth-order valence-corrected chi connectivity index (χ4v) is 2.21. The van der Waals surface area contributed by atoms with Gasteiger partial charge in [0.25, 0.3) is 0 Å². The predicted molar refractivity (Wildman–Crippen MR) is 62.6 cm³/mol. The highest BCUT2D eigenvalue weighted by molar-refractivity contribution is 7.92. The maximum Gasteiger partial charge on any atom is 0.304 e. The van der Waals surface area contributed by atoms with Crippen LogP contribution in [-0.2, 0) is 14.8 Å². The van der Waals surface area contributed by atoms with Crippen LogP contribution in [0.3, 0.4) is 0 Å². The van der Waals surface area contributed by atoms with E-state index >= 15 is 0 Å². The molecule has 0 heterocycles. The zero-order chi connectivity index (χ0) is 13.8. The van der Waals surface area contributed by atoms with Gasteiger partial charge in [0.2, 0.25) is 10.0 Å². The number of hydrogen-bond acceptors (Lipinski definition) is 4. The summed E-state index contributed by atoms with van der Waals surface area (Å²) in [6, 6.07) is 3.44. The summed E-state index contributed by atoms with van der Waals surface area (Å²) < 4.78 is 42.9. The van der Waals surface area contributed by atoms with Gasteiger partial charge in [-0.05, 0) is 12.1 Å². The highest BCUT2D eigenvalue weighted by Gasteiger charge is 2.14. The SMILES string of the molecule is COc1cc(NS(=O)(=O)CCC(=O)O)ccc1F. The van der Waals surface area contributed by atoms with Gasteiger partial charge < -0.3 is 9.84 Å². The van der Waals surface area contributed by atoms with Crippen molar-refractivity contribution in [2.75, 3.05) is 17.6 Å². The van der Waals surface area contributed by atoms with Gasteiger partial charge in [0.1, 0.15) is 0 Å². The molecule has 0 saturated heterocycles. The molecule has 0 aliphatic carbocycles. The predicted octanol–water partition coefficient (Wildman–Crippen LogP) is 1.05. The molecule has 0 atom stereocenters. The van der Waals surface area contributed by atoms with Crippen LogP contribution in [0.25, 0.3) is 0 Å². The summed E-state index contributed by atoms with van der Waals surface area (Å²) in [5.74, 6) is -2.49. The van der Waals surface area contributed by atoms with E-state index in [2.05, 4.69) is 4.72 Å². The molecule has 0 bridgehead atoms. The Balaban J connectivity index is 2.81. The minimum absolute atomic E-state index is 0.103. The lowest BCUT2D eigenvalue weighted by atomic mass is 10.3. The fraction of sp³-hybridized carbons (Fsp3) is 0.300. The average Bonchev–Trinajstić information content (AvgIpc) is 2.29. The largest absolute Gasteiger partial charge is 0.494 e. The second kappa shape index (κ2) is 5.67. The van der Waals surface area contributed by atoms with Crippen LogP contribution in [0.4, 0.5) is 10.1 Å². The van der Waals surface area contributed by atoms with Crippen molar-refractivity contribution in [2.24, 2.45) is 0 Å². The number of hydrogen-bond donors (Lipinski definition) is 2. The number of methoxy groups -OCH3 is 1. The summed E-state index contributed by atoms with van der Waals surface area (Å²) in [4.78, 5) is 10.3. The molecule has 0 saturated carbocycles. The second-order valence-corrected chi connectivity index (χ2v) is 5.26. The number of nitrogens with one attached hydrogen (secondary N) is 1. The van der Waals surface area contributed by atoms with E-state index < -0.39 is 34.0 Å². The number of carbonyl (C=O) groups is 1. The van der Waals surface area contributed by atoms with E-state index in [1.54, 1.807) is 0 Å². The lowest BCUT2D eigenvalue weighted by Gasteiger charge is -2.08. The number of halogens is 1. The third-order valence-electron chi connectivity index (χ3n) is 2.01. The Bertz CT molecular complexity index is 543. The van der Waals surface area contributed by atoms with Gasteiger partial charge in [0.15, 0.2) is 11.6 Å². The monoisotopic (exact) mass is 277 g/mol. The van der Waals surface area contributed by atoms with Gasteiger partial charge in [-0.2, -0.15) is 0 Å². The normalized spacial score (nSPS) is 11.0. The minimum atomic E-state index is -3.78. The Labute approximate surface area is 103 Å². The van der Waals surface area contributed by atoms with Crippen molar-refractivity contribution in [1.29, 1.82) is 0 Å². The van der Waals surface area contributed by atoms with Crippen molar-refractivity contribution >= 4 is 21.7 Å². The number of carboxylic acids is 1. The Hall–Kier alpha value is -1.83. The number of ether oxygens (including phenoxy) is 1. The quantitative estimate of drug-likeness (QED) is 0.810. The summed E-state index contributed by atoms with van der Waals surface area (Å²) in [5.41, 5.74) is 0.110. The van der Waals surface area contributed by atoms with Gasteiger partial charge >= 0.3 is 5.97 Å². The maximum absolute atomic E-state index is 13.1. The van der Waals surface area contributed by atoms with Crippen molar-refractivity contribution in [1.82, 2.24) is 0 Å². The smallest absolute Gasteiger partial charge is 0.304 e. The number of carboxylic acid groups (broad SMARTS) is 1. The van der Waals surface area contributed by atoms with E-state index in [-0.39, 0.29) is 11.4 Å². The van der Waals surface area contributed by atoms with Crippen LogP contribution >= 0.6 is 0 Å². The first-order valence-electron chi connectivity index (χ1n) is 4.90. The number of aliphatic carboxylic acids is 1. The van der Waals surface area contributed by atoms with Gasteiger partial charge in [-0.3, -0.25) is 9.52 Å². The van der Waals surface area contributed by atoms with E-state index in [9.17, 15) is 17.6 Å². The van der Waals surface area contributed by atoms with E-state index in [4.69, 9.17) is 9.84 Å². The summed E-state index contributed by atoms with van der Waals surface area (Å²) in [6.45, 7) is 0. The van der Waals surface area contributed by atoms with Crippen LogP contribution in [0.5, 0.6) is 5.75 Å². The summed E-state index contributed by atoms with van der Waals surface area (Å²) >= 11 is 0. The number of rotatable bonds is 6. The summed E-state index contributed by atoms with van der Waals surface area (Å²) in [5, 5.41) is 8.40. The van der Waals surface area contributed by atoms with Crippen LogP contribution in [0.15, 0.2) is 18.2 Å². The van der Waals surface area contributed by atoms with Crippen LogP contribution in [0, 0.1) is 5.82 Å². The molecular weight excluding hydrogens is 265 g/mol. The molecular formula is C10H12FNO5S. The van der Waals surface area contributed by atoms with Gasteiger partial charge in [0, 0.05) is 6.07 Å². The highest BCUT2D eigenvalue weighted by atomic mass is 32.2. The molecule has 0 aromatic heterocycles. The van der Waals surface area contributed by atoms with Crippen LogP contribution in [0.1, 0.15) is 6.42 Å². The van der Waals surface area contributed by atoms with Gasteiger partial charge in [-0.15, -0.1) is 0 Å². The van der Waals surface area contributed by atoms with Gasteiger partial charge in [0.05, 0.1) is 25.0 Å². The molecule has 0 radical (unpaired) electrons. The number of anilines is 1. The molecule has 0 spiro atoms. The zero-order valence-corrected chi connectivity index (χ0v) is 10.3. The Kier molecular flexibility index (Phi) is 4.49. The van der Waals surface area contributed by atoms with Crippen molar-refractivity contribution < 1.29 is 27.4 Å². The van der Waals surface area contributed by atoms with Crippen LogP contribution < -0.4 is 9.46 Å². The van der Waals surface area contributed by atoms with Crippen molar-refractivity contribution in [3.8, 4) is 5.75 Å². The standard InChI is InChI=1S/C10H12FNO5S/c1-17-9-6-7(2-3-8(9)11)12-18(15,16)5-4-10(13)14/h2-3,6,12H,4-5H2,1H3,(H,13,14). The minimum Gasteiger partial charge on any atom is -0.494 e. The maximum atomic E-state index is 13.1. The first kappa shape index (κ1) is 14.2. The zero-order valence-electron chi connectivity index (χ0n) is 9.51. The second-order valence-electron chi connectivity index (χ2n) is 3.41. The molecule has 1 aromatic rings. The lowest BCUT2D eigenvalue weighted by molar-refractivity contribution is -0.136. The number of benzene rings is 1. The molecule has 0 aliphatic rings. The lowest BCUT2D eigenvalue weighted by Crippen LogP contribution is -2.18. The Morgan fingerprint density at radius 1 is 1.50 bits per heavy atom. The third kappa shape index (κ3) is 4.21. The highest BCUT2D eigenvalue weighted by Crippen LogP contribution is 2.22. The van der Waals surface area contributed by atoms with Gasteiger partial charge in [-0.25, -0.2) is 12.8 Å². The topological polar surface area (TPSA) is 92.7 Å². The summed E-state index contributed by atoms with van der Waals surface area (Å²) in [6.07, 6.45) is -0.506. The molecule has 0 amide bonds. The molecule has 8 heteroatoms. The van der Waals surface area contributed by atoms with Crippen molar-refractivity contribution in [3.63, 3.8) is 0 Å². The molecule has 0 aliphatic heterocycles. The molecule has 1 aromatic carbocycles. The molecule has 6 nitrogen and oxygen atoms in total. The Morgan fingerprint density at radius 2 is 2.17 bits per heavy atom. The molecule has 100 valence electrons. The average molecular weight is 277 g/mol. The van der Waals surface area contributed by atoms with Crippen LogP contribution in [0.2, 0.25) is 0 Å². The first-order chi connectivity index (χ1) is 8.34. The van der Waals surface area contributed by atoms with E-state index in [0.717, 1.165) is 6.07 Å². The summed E-state index contributed by atoms with van der Waals surface area (Å²) in [7, 11) is -2.53. The van der Waals surface area contributed by atoms with Crippen molar-refractivity contribution in [2.45, 2.75) is 6.42 Å². The molecule has 1 rings (SSSR count). The van der Waals surface area contributed by atoms with E-state index in [0.29, 0.717) is 0 Å². The fourth-order valence-electron chi connectivity index (χ4n) is 1.18. The molecule has 0 unspecified atom stereocenters. The third-order valence-corrected chi connectivity index (χ3v) is 3.30. The Morgan fingerprint density at radius 3 is 2.72 bits per heavy atom. The van der Waals surface area contributed by atoms with Crippen LogP contribution in [-0.4, -0.2) is 32.4 Å². The molecule has 2 N–H and O–H groups in total. The van der Waals surface area contributed by atoms with E-state index in [1.807, 2.05) is 0 Å². The first-order valence-corrected chi connectivity index (χ1v) is 6.55. The van der Waals surface area contributed by atoms with Gasteiger partial charge in [-0.1, -0.05) is 0 Å². The van der Waals surface area contributed by atoms with E-state index in [1.165, 1.54) is 19.2 Å². The molecule has 0 fully saturated rings. The number of sulfonamides is 1. The molecule has 18 heavy (non-hydrogen) atoms.